The fourth-order valence-corrected chi connectivity index (χ4v) is 2.12. The third-order valence-corrected chi connectivity index (χ3v) is 3.11. The molecule has 106 valence electrons. The summed E-state index contributed by atoms with van der Waals surface area (Å²) in [6, 6.07) is 8.45. The summed E-state index contributed by atoms with van der Waals surface area (Å²) in [5.74, 6) is -0.324. The second kappa shape index (κ2) is 4.90. The first-order chi connectivity index (χ1) is 10.0. The molecule has 0 aliphatic heterocycles. The van der Waals surface area contributed by atoms with Crippen LogP contribution in [0.5, 0.6) is 5.75 Å². The number of anilines is 1. The molecule has 3 rings (SSSR count). The number of carbonyl (C=O) groups is 1. The zero-order valence-corrected chi connectivity index (χ0v) is 11.7. The number of amides is 1. The standard InChI is InChI=1S/C15H14N4O2/c1-9-3-4-11(13(20)7-9)17-15(21)12-5-6-16-14-8-10(2)18-19(12)14/h3-8,20H,1-2H3,(H,17,21). The zero-order valence-electron chi connectivity index (χ0n) is 11.7. The van der Waals surface area contributed by atoms with Gasteiger partial charge in [0.1, 0.15) is 11.4 Å². The Kier molecular flexibility index (Phi) is 3.06. The number of aromatic nitrogens is 3. The SMILES string of the molecule is Cc1ccc(NC(=O)c2ccnc3cc(C)nn23)c(O)c1. The first-order valence-corrected chi connectivity index (χ1v) is 6.47. The molecule has 0 bridgehead atoms. The van der Waals surface area contributed by atoms with Crippen molar-refractivity contribution in [3.63, 3.8) is 0 Å². The number of hydrogen-bond acceptors (Lipinski definition) is 4. The quantitative estimate of drug-likeness (QED) is 0.707. The Hall–Kier alpha value is -2.89. The molecule has 2 aromatic heterocycles. The van der Waals surface area contributed by atoms with E-state index in [-0.39, 0.29) is 11.7 Å². The van der Waals surface area contributed by atoms with Crippen LogP contribution in [0.1, 0.15) is 21.7 Å². The Bertz CT molecular complexity index is 839. The van der Waals surface area contributed by atoms with Crippen LogP contribution in [-0.4, -0.2) is 25.6 Å². The highest BCUT2D eigenvalue weighted by Crippen LogP contribution is 2.24. The predicted octanol–water partition coefficient (Wildman–Crippen LogP) is 2.30. The summed E-state index contributed by atoms with van der Waals surface area (Å²) in [6.07, 6.45) is 1.56. The van der Waals surface area contributed by atoms with Crippen molar-refractivity contribution in [3.8, 4) is 5.75 Å². The molecule has 0 saturated carbocycles. The van der Waals surface area contributed by atoms with Crippen molar-refractivity contribution in [2.24, 2.45) is 0 Å². The molecule has 2 heterocycles. The number of aromatic hydroxyl groups is 1. The van der Waals surface area contributed by atoms with E-state index in [0.717, 1.165) is 11.3 Å². The van der Waals surface area contributed by atoms with E-state index in [1.165, 1.54) is 4.52 Å². The van der Waals surface area contributed by atoms with Crippen LogP contribution in [0.25, 0.3) is 5.65 Å². The van der Waals surface area contributed by atoms with Gasteiger partial charge in [0.15, 0.2) is 5.65 Å². The summed E-state index contributed by atoms with van der Waals surface area (Å²) in [4.78, 5) is 16.5. The maximum absolute atomic E-state index is 12.4. The van der Waals surface area contributed by atoms with Gasteiger partial charge in [0.25, 0.3) is 5.91 Å². The van der Waals surface area contributed by atoms with E-state index >= 15 is 0 Å². The van der Waals surface area contributed by atoms with Gasteiger partial charge in [0.05, 0.1) is 11.4 Å². The molecule has 0 atom stereocenters. The Morgan fingerprint density at radius 3 is 2.81 bits per heavy atom. The van der Waals surface area contributed by atoms with E-state index < -0.39 is 0 Å². The predicted molar refractivity (Wildman–Crippen MR) is 78.5 cm³/mol. The molecule has 0 aliphatic rings. The van der Waals surface area contributed by atoms with Gasteiger partial charge in [-0.25, -0.2) is 9.50 Å². The van der Waals surface area contributed by atoms with Crippen molar-refractivity contribution in [1.29, 1.82) is 0 Å². The largest absolute Gasteiger partial charge is 0.506 e. The molecular weight excluding hydrogens is 268 g/mol. The smallest absolute Gasteiger partial charge is 0.274 e. The van der Waals surface area contributed by atoms with Crippen LogP contribution in [0.2, 0.25) is 0 Å². The Morgan fingerprint density at radius 1 is 1.24 bits per heavy atom. The lowest BCUT2D eigenvalue weighted by Gasteiger charge is -2.08. The van der Waals surface area contributed by atoms with E-state index in [0.29, 0.717) is 17.0 Å². The number of phenolic OH excluding ortho intramolecular Hbond substituents is 1. The minimum absolute atomic E-state index is 0.0327. The summed E-state index contributed by atoms with van der Waals surface area (Å²) in [5.41, 5.74) is 3.02. The number of nitrogens with zero attached hydrogens (tertiary/aromatic N) is 3. The van der Waals surface area contributed by atoms with Gasteiger partial charge in [0.2, 0.25) is 0 Å². The zero-order chi connectivity index (χ0) is 15.0. The van der Waals surface area contributed by atoms with Crippen LogP contribution >= 0.6 is 0 Å². The molecule has 0 radical (unpaired) electrons. The Balaban J connectivity index is 1.97. The molecule has 3 aromatic rings. The van der Waals surface area contributed by atoms with Gasteiger partial charge in [-0.1, -0.05) is 6.07 Å². The first kappa shape index (κ1) is 13.1. The minimum atomic E-state index is -0.357. The van der Waals surface area contributed by atoms with E-state index in [1.807, 2.05) is 19.9 Å². The van der Waals surface area contributed by atoms with Gasteiger partial charge < -0.3 is 10.4 Å². The topological polar surface area (TPSA) is 79.5 Å². The summed E-state index contributed by atoms with van der Waals surface area (Å²) in [6.45, 7) is 3.70. The lowest BCUT2D eigenvalue weighted by molar-refractivity contribution is 0.101. The van der Waals surface area contributed by atoms with Crippen LogP contribution in [0.4, 0.5) is 5.69 Å². The van der Waals surface area contributed by atoms with Crippen LogP contribution in [0, 0.1) is 13.8 Å². The number of fused-ring (bicyclic) bond motifs is 1. The molecule has 1 amide bonds. The fraction of sp³-hybridized carbons (Fsp3) is 0.133. The van der Waals surface area contributed by atoms with Crippen molar-refractivity contribution in [2.75, 3.05) is 5.32 Å². The van der Waals surface area contributed by atoms with Crippen molar-refractivity contribution in [3.05, 3.63) is 53.5 Å². The van der Waals surface area contributed by atoms with Gasteiger partial charge in [-0.3, -0.25) is 4.79 Å². The van der Waals surface area contributed by atoms with E-state index in [1.54, 1.807) is 30.5 Å². The Labute approximate surface area is 121 Å². The third kappa shape index (κ3) is 2.43. The molecule has 6 heteroatoms. The average Bonchev–Trinajstić information content (AvgIpc) is 2.81. The van der Waals surface area contributed by atoms with Crippen molar-refractivity contribution >= 4 is 17.2 Å². The number of hydrogen-bond donors (Lipinski definition) is 2. The Morgan fingerprint density at radius 2 is 2.05 bits per heavy atom. The van der Waals surface area contributed by atoms with Crippen LogP contribution < -0.4 is 5.32 Å². The molecule has 6 nitrogen and oxygen atoms in total. The maximum Gasteiger partial charge on any atom is 0.274 e. The van der Waals surface area contributed by atoms with Gasteiger partial charge in [-0.15, -0.1) is 0 Å². The van der Waals surface area contributed by atoms with Gasteiger partial charge in [-0.2, -0.15) is 5.10 Å². The number of rotatable bonds is 2. The van der Waals surface area contributed by atoms with Crippen LogP contribution in [0.3, 0.4) is 0 Å². The molecule has 0 spiro atoms. The summed E-state index contributed by atoms with van der Waals surface area (Å²) in [5, 5.41) is 16.8. The van der Waals surface area contributed by atoms with Gasteiger partial charge in [0, 0.05) is 12.3 Å². The second-order valence-electron chi connectivity index (χ2n) is 4.86. The van der Waals surface area contributed by atoms with Crippen molar-refractivity contribution in [1.82, 2.24) is 14.6 Å². The van der Waals surface area contributed by atoms with Crippen molar-refractivity contribution in [2.45, 2.75) is 13.8 Å². The van der Waals surface area contributed by atoms with E-state index in [2.05, 4.69) is 15.4 Å². The number of phenols is 1. The number of aryl methyl sites for hydroxylation is 2. The molecule has 0 saturated heterocycles. The highest BCUT2D eigenvalue weighted by molar-refractivity contribution is 6.04. The number of nitrogens with one attached hydrogen (secondary N) is 1. The molecular formula is C15H14N4O2. The van der Waals surface area contributed by atoms with Crippen LogP contribution in [-0.2, 0) is 0 Å². The molecule has 0 unspecified atom stereocenters. The lowest BCUT2D eigenvalue weighted by Crippen LogP contribution is -2.17. The van der Waals surface area contributed by atoms with Gasteiger partial charge in [-0.05, 0) is 37.6 Å². The number of benzene rings is 1. The van der Waals surface area contributed by atoms with Crippen molar-refractivity contribution < 1.29 is 9.90 Å². The van der Waals surface area contributed by atoms with Gasteiger partial charge >= 0.3 is 0 Å². The summed E-state index contributed by atoms with van der Waals surface area (Å²) in [7, 11) is 0. The molecule has 0 fully saturated rings. The van der Waals surface area contributed by atoms with E-state index in [4.69, 9.17) is 0 Å². The average molecular weight is 282 g/mol. The number of carbonyl (C=O) groups excluding carboxylic acids is 1. The highest BCUT2D eigenvalue weighted by Gasteiger charge is 2.14. The fourth-order valence-electron chi connectivity index (χ4n) is 2.12. The first-order valence-electron chi connectivity index (χ1n) is 6.47. The van der Waals surface area contributed by atoms with Crippen LogP contribution in [0.15, 0.2) is 36.5 Å². The molecule has 21 heavy (non-hydrogen) atoms. The molecule has 2 N–H and O–H groups in total. The second-order valence-corrected chi connectivity index (χ2v) is 4.86. The molecule has 0 aliphatic carbocycles. The highest BCUT2D eigenvalue weighted by atomic mass is 16.3. The summed E-state index contributed by atoms with van der Waals surface area (Å²) >= 11 is 0. The minimum Gasteiger partial charge on any atom is -0.506 e. The third-order valence-electron chi connectivity index (χ3n) is 3.11. The molecule has 1 aromatic carbocycles. The monoisotopic (exact) mass is 282 g/mol. The maximum atomic E-state index is 12.4. The normalized spacial score (nSPS) is 10.8. The summed E-state index contributed by atoms with van der Waals surface area (Å²) < 4.78 is 1.48. The van der Waals surface area contributed by atoms with E-state index in [9.17, 15) is 9.90 Å². The lowest BCUT2D eigenvalue weighted by atomic mass is 10.2.